The normalized spacial score (nSPS) is 34.0. The number of hydrogen-bond donors (Lipinski definition) is 4. The maximum Gasteiger partial charge on any atom is 0.408 e. The van der Waals surface area contributed by atoms with Crippen LogP contribution in [-0.2, 0) is 4.74 Å². The number of rotatable bonds is 5. The standard InChI is InChI=1S/C21H23F2N3O4.C12H22N2O2/c1-9-5-21(24)8-25(7-12(9)21)17-14(23)3-10-16(19(17)30-2)26(15-4-13(15)22)6-11(18(10)27)20(28)29;1-8-5-12(7-13-6-9(8)12)14-10(15)16-11(2,3)4/h3,6,9,12-13,15H,4-5,7-8,24H2,1-2H3,(H,28,29);8-9,13H,5-7H2,1-4H3,(H,14,15)/t9-,12+,13+,15-,21-;8-,9+,12-/m11/s1. The molecule has 0 spiro atoms. The molecule has 5 aliphatic rings. The predicted molar refractivity (Wildman–Crippen MR) is 169 cm³/mol. The van der Waals surface area contributed by atoms with E-state index in [0.29, 0.717) is 30.8 Å². The average Bonchev–Trinajstić information content (AvgIpc) is 3.48. The number of carboxylic acid groups (broad SMARTS) is 1. The molecule has 3 aliphatic carbocycles. The maximum absolute atomic E-state index is 15.3. The Hall–Kier alpha value is -3.45. The Morgan fingerprint density at radius 3 is 2.41 bits per heavy atom. The van der Waals surface area contributed by atoms with Crippen molar-refractivity contribution >= 4 is 28.7 Å². The molecule has 46 heavy (non-hydrogen) atoms. The number of hydrogen-bond acceptors (Lipinski definition) is 8. The van der Waals surface area contributed by atoms with E-state index in [4.69, 9.17) is 15.2 Å². The molecule has 1 aromatic carbocycles. The van der Waals surface area contributed by atoms with Gasteiger partial charge in [-0.15, -0.1) is 0 Å². The number of carbonyl (C=O) groups is 2. The second-order valence-electron chi connectivity index (χ2n) is 15.1. The van der Waals surface area contributed by atoms with E-state index in [-0.39, 0.29) is 51.8 Å². The molecule has 5 N–H and O–H groups in total. The quantitative estimate of drug-likeness (QED) is 0.381. The van der Waals surface area contributed by atoms with Gasteiger partial charge in [0.1, 0.15) is 23.0 Å². The Balaban J connectivity index is 0.000000196. The van der Waals surface area contributed by atoms with Crippen LogP contribution in [0.3, 0.4) is 0 Å². The molecule has 2 aromatic rings. The molecule has 0 unspecified atom stereocenters. The Morgan fingerprint density at radius 2 is 1.87 bits per heavy atom. The molecule has 2 saturated heterocycles. The predicted octanol–water partition coefficient (Wildman–Crippen LogP) is 3.81. The van der Waals surface area contributed by atoms with Crippen LogP contribution in [0.1, 0.15) is 70.3 Å². The van der Waals surface area contributed by atoms with Gasteiger partial charge in [0.15, 0.2) is 11.6 Å². The number of aromatic carboxylic acids is 1. The third-order valence-corrected chi connectivity index (χ3v) is 10.7. The molecule has 8 atom stereocenters. The fourth-order valence-corrected chi connectivity index (χ4v) is 8.45. The summed E-state index contributed by atoms with van der Waals surface area (Å²) in [5.41, 5.74) is 4.70. The van der Waals surface area contributed by atoms with Gasteiger partial charge < -0.3 is 40.4 Å². The minimum Gasteiger partial charge on any atom is -0.492 e. The number of aromatic nitrogens is 1. The number of alkyl carbamates (subject to hydrolysis) is 1. The Morgan fingerprint density at radius 1 is 1.20 bits per heavy atom. The smallest absolute Gasteiger partial charge is 0.408 e. The molecule has 0 bridgehead atoms. The van der Waals surface area contributed by atoms with E-state index >= 15 is 4.39 Å². The topological polar surface area (TPSA) is 148 Å². The van der Waals surface area contributed by atoms with Crippen LogP contribution in [-0.4, -0.2) is 77.9 Å². The largest absolute Gasteiger partial charge is 0.492 e. The van der Waals surface area contributed by atoms with Gasteiger partial charge in [0.2, 0.25) is 5.43 Å². The van der Waals surface area contributed by atoms with Crippen molar-refractivity contribution < 1.29 is 33.0 Å². The number of halogens is 2. The minimum atomic E-state index is -1.44. The van der Waals surface area contributed by atoms with Crippen LogP contribution in [0.25, 0.3) is 10.9 Å². The summed E-state index contributed by atoms with van der Waals surface area (Å²) >= 11 is 0. The van der Waals surface area contributed by atoms with E-state index in [1.165, 1.54) is 11.7 Å². The SMILES string of the molecule is COc1c(N2C[C@H]3[C@H](C)C[C@@]3(N)C2)c(F)cc2c(=O)c(C(=O)O)cn([C@@H]3C[C@@H]3F)c12.C[C@@H]1C[C@@]2(NC(=O)OC(C)(C)C)CNC[C@@H]12. The van der Waals surface area contributed by atoms with Crippen LogP contribution in [0.2, 0.25) is 0 Å². The fourth-order valence-electron chi connectivity index (χ4n) is 8.45. The van der Waals surface area contributed by atoms with Crippen molar-refractivity contribution in [3.8, 4) is 5.75 Å². The Labute approximate surface area is 266 Å². The Kier molecular flexibility index (Phi) is 7.82. The van der Waals surface area contributed by atoms with Crippen LogP contribution in [0.15, 0.2) is 17.1 Å². The third-order valence-electron chi connectivity index (χ3n) is 10.7. The van der Waals surface area contributed by atoms with E-state index in [1.807, 2.05) is 25.7 Å². The number of benzene rings is 1. The lowest BCUT2D eigenvalue weighted by atomic mass is 9.62. The summed E-state index contributed by atoms with van der Waals surface area (Å²) in [5, 5.41) is 15.7. The van der Waals surface area contributed by atoms with Gasteiger partial charge in [0.05, 0.1) is 29.6 Å². The molecule has 252 valence electrons. The highest BCUT2D eigenvalue weighted by atomic mass is 19.1. The van der Waals surface area contributed by atoms with E-state index in [1.54, 1.807) is 0 Å². The van der Waals surface area contributed by atoms with Gasteiger partial charge in [0.25, 0.3) is 0 Å². The molecule has 0 radical (unpaired) electrons. The molecule has 11 nitrogen and oxygen atoms in total. The summed E-state index contributed by atoms with van der Waals surface area (Å²) in [6.45, 7) is 12.9. The van der Waals surface area contributed by atoms with Crippen molar-refractivity contribution in [3.05, 3.63) is 33.9 Å². The number of pyridine rings is 1. The van der Waals surface area contributed by atoms with E-state index in [2.05, 4.69) is 24.5 Å². The van der Waals surface area contributed by atoms with Gasteiger partial charge in [-0.25, -0.2) is 18.4 Å². The van der Waals surface area contributed by atoms with Crippen LogP contribution in [0, 0.1) is 29.5 Å². The van der Waals surface area contributed by atoms with Crippen molar-refractivity contribution in [2.24, 2.45) is 29.4 Å². The van der Waals surface area contributed by atoms with Crippen molar-refractivity contribution in [2.45, 2.75) is 82.8 Å². The molecule has 13 heteroatoms. The number of methoxy groups -OCH3 is 1. The second-order valence-corrected chi connectivity index (χ2v) is 15.1. The van der Waals surface area contributed by atoms with Crippen LogP contribution in [0.4, 0.5) is 19.3 Å². The first-order chi connectivity index (χ1) is 21.5. The van der Waals surface area contributed by atoms with Crippen LogP contribution >= 0.6 is 0 Å². The van der Waals surface area contributed by atoms with Crippen LogP contribution < -0.4 is 31.4 Å². The molecular weight excluding hydrogens is 600 g/mol. The highest BCUT2D eigenvalue weighted by Gasteiger charge is 2.56. The zero-order valence-electron chi connectivity index (χ0n) is 27.3. The lowest BCUT2D eigenvalue weighted by Crippen LogP contribution is -2.64. The number of carbonyl (C=O) groups excluding carboxylic acids is 1. The molecule has 7 rings (SSSR count). The zero-order chi connectivity index (χ0) is 33.5. The highest BCUT2D eigenvalue weighted by molar-refractivity contribution is 5.97. The number of anilines is 1. The van der Waals surface area contributed by atoms with E-state index < -0.39 is 40.6 Å². The van der Waals surface area contributed by atoms with Crippen molar-refractivity contribution in [1.29, 1.82) is 0 Å². The van der Waals surface area contributed by atoms with E-state index in [9.17, 15) is 23.9 Å². The summed E-state index contributed by atoms with van der Waals surface area (Å²) < 4.78 is 41.6. The van der Waals surface area contributed by atoms with Crippen molar-refractivity contribution in [1.82, 2.24) is 15.2 Å². The number of amides is 1. The molecule has 5 fully saturated rings. The molecule has 1 aromatic heterocycles. The van der Waals surface area contributed by atoms with E-state index in [0.717, 1.165) is 38.2 Å². The van der Waals surface area contributed by atoms with Gasteiger partial charge in [-0.05, 0) is 63.4 Å². The fraction of sp³-hybridized carbons (Fsp3) is 0.667. The molecule has 2 aliphatic heterocycles. The second kappa shape index (κ2) is 11.1. The van der Waals surface area contributed by atoms with Crippen molar-refractivity contribution in [3.63, 3.8) is 0 Å². The number of nitrogens with zero attached hydrogens (tertiary/aromatic N) is 2. The monoisotopic (exact) mass is 645 g/mol. The minimum absolute atomic E-state index is 0.0399. The van der Waals surface area contributed by atoms with Crippen LogP contribution in [0.5, 0.6) is 5.75 Å². The number of alkyl halides is 1. The molecule has 1 amide bonds. The number of ether oxygens (including phenoxy) is 2. The lowest BCUT2D eigenvalue weighted by Gasteiger charge is -2.49. The molecular formula is C33H45F2N5O6. The number of nitrogens with two attached hydrogens (primary N) is 1. The van der Waals surface area contributed by atoms with Crippen molar-refractivity contribution in [2.75, 3.05) is 38.2 Å². The summed E-state index contributed by atoms with van der Waals surface area (Å²) in [6.07, 6.45) is 1.80. The average molecular weight is 646 g/mol. The molecule has 3 saturated carbocycles. The summed E-state index contributed by atoms with van der Waals surface area (Å²) in [7, 11) is 1.36. The van der Waals surface area contributed by atoms with Gasteiger partial charge in [-0.2, -0.15) is 0 Å². The summed E-state index contributed by atoms with van der Waals surface area (Å²) in [5.74, 6) is -0.0845. The summed E-state index contributed by atoms with van der Waals surface area (Å²) in [4.78, 5) is 37.9. The molecule has 3 heterocycles. The zero-order valence-corrected chi connectivity index (χ0v) is 27.3. The third kappa shape index (κ3) is 5.38. The highest BCUT2D eigenvalue weighted by Crippen LogP contribution is 2.51. The first-order valence-corrected chi connectivity index (χ1v) is 16.1. The van der Waals surface area contributed by atoms with Gasteiger partial charge in [-0.1, -0.05) is 13.8 Å². The summed E-state index contributed by atoms with van der Waals surface area (Å²) in [6, 6.07) is 0.426. The number of fused-ring (bicyclic) bond motifs is 3. The van der Waals surface area contributed by atoms with Gasteiger partial charge in [-0.3, -0.25) is 4.79 Å². The maximum atomic E-state index is 15.3. The van der Waals surface area contributed by atoms with Gasteiger partial charge in [0, 0.05) is 44.3 Å². The lowest BCUT2D eigenvalue weighted by molar-refractivity contribution is 0.0176. The first kappa shape index (κ1) is 32.5. The number of nitrogens with one attached hydrogen (secondary N) is 2. The Bertz CT molecular complexity index is 1640. The van der Waals surface area contributed by atoms with Gasteiger partial charge >= 0.3 is 12.1 Å². The first-order valence-electron chi connectivity index (χ1n) is 16.1. The number of carboxylic acids is 1.